The van der Waals surface area contributed by atoms with E-state index in [0.29, 0.717) is 12.0 Å². The highest BCUT2D eigenvalue weighted by atomic mass is 19.4. The van der Waals surface area contributed by atoms with Crippen LogP contribution in [0.25, 0.3) is 0 Å². The van der Waals surface area contributed by atoms with Crippen LogP contribution in [0.5, 0.6) is 0 Å². The number of carbonyl (C=O) groups is 2. The summed E-state index contributed by atoms with van der Waals surface area (Å²) in [5.74, 6) is -2.01. The summed E-state index contributed by atoms with van der Waals surface area (Å²) in [5, 5.41) is 19.8. The highest BCUT2D eigenvalue weighted by Crippen LogP contribution is 2.56. The molecule has 2 aromatic rings. The van der Waals surface area contributed by atoms with Gasteiger partial charge in [0.1, 0.15) is 0 Å². The van der Waals surface area contributed by atoms with Crippen molar-refractivity contribution in [2.75, 3.05) is 0 Å². The molecule has 0 bridgehead atoms. The van der Waals surface area contributed by atoms with Gasteiger partial charge in [0.25, 0.3) is 0 Å². The predicted octanol–water partition coefficient (Wildman–Crippen LogP) is 4.94. The average molecular weight is 432 g/mol. The average Bonchev–Trinajstić information content (AvgIpc) is 2.83. The van der Waals surface area contributed by atoms with Crippen LogP contribution in [0.15, 0.2) is 48.5 Å². The maximum atomic E-state index is 13.7. The van der Waals surface area contributed by atoms with Gasteiger partial charge in [-0.05, 0) is 61.3 Å². The largest absolute Gasteiger partial charge is 0.478 e. The number of hydrogen-bond donors (Lipinski definition) is 2. The Bertz CT molecular complexity index is 1020. The first kappa shape index (κ1) is 21.6. The standard InChI is InChI=1S/C24H23F3O4/c25-24(26,27)23(31)11-10-22(13-15-4-2-1-3-5-15)17(14-23)7-9-20(28)18-12-16(21(29)30)6-8-19(18)22/h1-6,8,12,17,31H,7,9-11,13-14H2,(H,29,30)/t17-,22+,23-/m1/s1. The molecular weight excluding hydrogens is 409 g/mol. The van der Waals surface area contributed by atoms with Crippen LogP contribution < -0.4 is 0 Å². The third-order valence-electron chi connectivity index (χ3n) is 7.06. The van der Waals surface area contributed by atoms with Crippen LogP contribution in [0.4, 0.5) is 13.2 Å². The molecule has 1 saturated carbocycles. The zero-order valence-electron chi connectivity index (χ0n) is 16.8. The van der Waals surface area contributed by atoms with Crippen molar-refractivity contribution in [3.05, 3.63) is 70.8 Å². The first-order chi connectivity index (χ1) is 14.6. The first-order valence-corrected chi connectivity index (χ1v) is 10.3. The second kappa shape index (κ2) is 7.48. The molecule has 0 radical (unpaired) electrons. The van der Waals surface area contributed by atoms with E-state index in [1.165, 1.54) is 12.1 Å². The Labute approximate surface area is 177 Å². The minimum Gasteiger partial charge on any atom is -0.478 e. The van der Waals surface area contributed by atoms with E-state index < -0.39 is 41.9 Å². The summed E-state index contributed by atoms with van der Waals surface area (Å²) >= 11 is 0. The second-order valence-corrected chi connectivity index (χ2v) is 8.78. The van der Waals surface area contributed by atoms with Crippen molar-refractivity contribution < 1.29 is 33.0 Å². The van der Waals surface area contributed by atoms with Crippen molar-refractivity contribution in [1.82, 2.24) is 0 Å². The van der Waals surface area contributed by atoms with Crippen LogP contribution in [0.2, 0.25) is 0 Å². The van der Waals surface area contributed by atoms with E-state index in [0.717, 1.165) is 5.56 Å². The maximum Gasteiger partial charge on any atom is 0.417 e. The van der Waals surface area contributed by atoms with Crippen LogP contribution in [-0.2, 0) is 11.8 Å². The van der Waals surface area contributed by atoms with Gasteiger partial charge in [0.05, 0.1) is 5.56 Å². The van der Waals surface area contributed by atoms with Gasteiger partial charge in [-0.1, -0.05) is 36.4 Å². The van der Waals surface area contributed by atoms with E-state index in [-0.39, 0.29) is 36.2 Å². The van der Waals surface area contributed by atoms with Crippen molar-refractivity contribution in [2.45, 2.75) is 55.7 Å². The van der Waals surface area contributed by atoms with Gasteiger partial charge in [-0.25, -0.2) is 4.79 Å². The summed E-state index contributed by atoms with van der Waals surface area (Å²) in [6, 6.07) is 13.7. The molecule has 2 aliphatic rings. The SMILES string of the molecule is O=C(O)c1ccc2c(c1)C(=O)CC[C@@H]1C[C@@](O)(C(F)(F)F)CC[C@@]21Cc1ccccc1. The van der Waals surface area contributed by atoms with Crippen LogP contribution in [0, 0.1) is 5.92 Å². The van der Waals surface area contributed by atoms with Crippen LogP contribution >= 0.6 is 0 Å². The molecule has 2 N–H and O–H groups in total. The number of fused-ring (bicyclic) bond motifs is 3. The molecule has 1 fully saturated rings. The zero-order valence-corrected chi connectivity index (χ0v) is 16.8. The molecule has 7 heteroatoms. The normalized spacial score (nSPS) is 28.4. The number of carbonyl (C=O) groups excluding carboxylic acids is 1. The van der Waals surface area contributed by atoms with Gasteiger partial charge >= 0.3 is 12.1 Å². The predicted molar refractivity (Wildman–Crippen MR) is 107 cm³/mol. The summed E-state index contributed by atoms with van der Waals surface area (Å²) in [6.07, 6.45) is -5.00. The van der Waals surface area contributed by atoms with Crippen molar-refractivity contribution >= 4 is 11.8 Å². The number of halogens is 3. The number of carboxylic acids is 1. The Kier molecular flexibility index (Phi) is 5.20. The van der Waals surface area contributed by atoms with Gasteiger partial charge < -0.3 is 10.2 Å². The molecular formula is C24H23F3O4. The quantitative estimate of drug-likeness (QED) is 0.721. The summed E-state index contributed by atoms with van der Waals surface area (Å²) in [4.78, 5) is 24.4. The summed E-state index contributed by atoms with van der Waals surface area (Å²) in [5.41, 5.74) is -1.81. The minimum absolute atomic E-state index is 0.0191. The molecule has 0 spiro atoms. The zero-order chi connectivity index (χ0) is 22.4. The van der Waals surface area contributed by atoms with Gasteiger partial charge in [0, 0.05) is 17.4 Å². The lowest BCUT2D eigenvalue weighted by Crippen LogP contribution is -2.55. The number of Topliss-reactive ketones (excluding diaryl/α,β-unsaturated/α-hetero) is 1. The number of rotatable bonds is 3. The highest BCUT2D eigenvalue weighted by molar-refractivity contribution is 6.01. The van der Waals surface area contributed by atoms with Crippen molar-refractivity contribution in [3.8, 4) is 0 Å². The molecule has 2 aromatic carbocycles. The van der Waals surface area contributed by atoms with Gasteiger partial charge in [0.2, 0.25) is 0 Å². The lowest BCUT2D eigenvalue weighted by molar-refractivity contribution is -0.279. The van der Waals surface area contributed by atoms with Gasteiger partial charge in [-0.2, -0.15) is 13.2 Å². The monoisotopic (exact) mass is 432 g/mol. The molecule has 0 saturated heterocycles. The van der Waals surface area contributed by atoms with Crippen LogP contribution in [0.1, 0.15) is 63.9 Å². The van der Waals surface area contributed by atoms with Gasteiger partial charge in [-0.3, -0.25) is 4.79 Å². The summed E-state index contributed by atoms with van der Waals surface area (Å²) < 4.78 is 41.0. The Morgan fingerprint density at radius 1 is 1.10 bits per heavy atom. The molecule has 0 aliphatic heterocycles. The molecule has 164 valence electrons. The number of aromatic carboxylic acids is 1. The van der Waals surface area contributed by atoms with Gasteiger partial charge in [0.15, 0.2) is 11.4 Å². The maximum absolute atomic E-state index is 13.7. The number of ketones is 1. The van der Waals surface area contributed by atoms with Crippen molar-refractivity contribution in [3.63, 3.8) is 0 Å². The number of hydrogen-bond acceptors (Lipinski definition) is 3. The Morgan fingerprint density at radius 3 is 2.45 bits per heavy atom. The third-order valence-corrected chi connectivity index (χ3v) is 7.06. The molecule has 0 heterocycles. The third kappa shape index (κ3) is 3.65. The van der Waals surface area contributed by atoms with E-state index in [1.54, 1.807) is 6.07 Å². The molecule has 0 amide bonds. The summed E-state index contributed by atoms with van der Waals surface area (Å²) in [6.45, 7) is 0. The molecule has 4 nitrogen and oxygen atoms in total. The Hall–Kier alpha value is -2.67. The summed E-state index contributed by atoms with van der Waals surface area (Å²) in [7, 11) is 0. The lowest BCUT2D eigenvalue weighted by Gasteiger charge is -2.50. The molecule has 2 aliphatic carbocycles. The van der Waals surface area contributed by atoms with Crippen molar-refractivity contribution in [2.24, 2.45) is 5.92 Å². The highest BCUT2D eigenvalue weighted by Gasteiger charge is 2.61. The van der Waals surface area contributed by atoms with E-state index >= 15 is 0 Å². The molecule has 31 heavy (non-hydrogen) atoms. The topological polar surface area (TPSA) is 74.6 Å². The minimum atomic E-state index is -4.75. The number of alkyl halides is 3. The molecule has 3 atom stereocenters. The fraction of sp³-hybridized carbons (Fsp3) is 0.417. The van der Waals surface area contributed by atoms with E-state index in [9.17, 15) is 33.0 Å². The van der Waals surface area contributed by atoms with Crippen LogP contribution in [0.3, 0.4) is 0 Å². The first-order valence-electron chi connectivity index (χ1n) is 10.3. The Morgan fingerprint density at radius 2 is 1.81 bits per heavy atom. The van der Waals surface area contributed by atoms with Crippen molar-refractivity contribution in [1.29, 1.82) is 0 Å². The lowest BCUT2D eigenvalue weighted by atomic mass is 9.56. The fourth-order valence-corrected chi connectivity index (χ4v) is 5.40. The number of benzene rings is 2. The van der Waals surface area contributed by atoms with Crippen LogP contribution in [-0.4, -0.2) is 33.7 Å². The number of carboxylic acid groups (broad SMARTS) is 1. The van der Waals surface area contributed by atoms with E-state index in [2.05, 4.69) is 0 Å². The van der Waals surface area contributed by atoms with E-state index in [4.69, 9.17) is 0 Å². The second-order valence-electron chi connectivity index (χ2n) is 8.78. The Balaban J connectivity index is 1.88. The van der Waals surface area contributed by atoms with E-state index in [1.807, 2.05) is 30.3 Å². The van der Waals surface area contributed by atoms with Gasteiger partial charge in [-0.15, -0.1) is 0 Å². The fourth-order valence-electron chi connectivity index (χ4n) is 5.40. The molecule has 0 aromatic heterocycles. The molecule has 0 unspecified atom stereocenters. The number of aliphatic hydroxyl groups is 1. The smallest absolute Gasteiger partial charge is 0.417 e. The molecule has 4 rings (SSSR count).